The standard InChI is InChI=1S/C6H12F2Si/c1-9(2,3)5-4-6(7)8/h4H,5H2,1-3H3. The lowest BCUT2D eigenvalue weighted by molar-refractivity contribution is 0.420. The van der Waals surface area contributed by atoms with Crippen LogP contribution in [0.5, 0.6) is 0 Å². The van der Waals surface area contributed by atoms with Gasteiger partial charge >= 0.3 is 0 Å². The summed E-state index contributed by atoms with van der Waals surface area (Å²) >= 11 is 0. The van der Waals surface area contributed by atoms with E-state index in [0.29, 0.717) is 6.04 Å². The van der Waals surface area contributed by atoms with Gasteiger partial charge in [0.15, 0.2) is 0 Å². The van der Waals surface area contributed by atoms with Gasteiger partial charge in [-0.15, -0.1) is 0 Å². The molecule has 0 amide bonds. The predicted octanol–water partition coefficient (Wildman–Crippen LogP) is 3.11. The minimum Gasteiger partial charge on any atom is -0.174 e. The van der Waals surface area contributed by atoms with Crippen molar-refractivity contribution < 1.29 is 8.78 Å². The average Bonchev–Trinajstić information content (AvgIpc) is 1.59. The highest BCUT2D eigenvalue weighted by atomic mass is 28.3. The van der Waals surface area contributed by atoms with Crippen molar-refractivity contribution in [2.24, 2.45) is 0 Å². The van der Waals surface area contributed by atoms with Crippen LogP contribution < -0.4 is 0 Å². The number of allylic oxidation sites excluding steroid dienone is 1. The molecule has 0 fully saturated rings. The van der Waals surface area contributed by atoms with Crippen LogP contribution in [0.4, 0.5) is 8.78 Å². The van der Waals surface area contributed by atoms with E-state index in [4.69, 9.17) is 0 Å². The fraction of sp³-hybridized carbons (Fsp3) is 0.667. The molecule has 0 unspecified atom stereocenters. The predicted molar refractivity (Wildman–Crippen MR) is 38.5 cm³/mol. The zero-order valence-corrected chi connectivity index (χ0v) is 7.04. The third kappa shape index (κ3) is 7.82. The lowest BCUT2D eigenvalue weighted by atomic mass is 10.7. The Morgan fingerprint density at radius 3 is 1.89 bits per heavy atom. The lowest BCUT2D eigenvalue weighted by Gasteiger charge is -2.10. The van der Waals surface area contributed by atoms with Gasteiger partial charge in [0.25, 0.3) is 6.08 Å². The number of hydrogen-bond donors (Lipinski definition) is 0. The van der Waals surface area contributed by atoms with Gasteiger partial charge in [0.2, 0.25) is 0 Å². The molecule has 0 aromatic heterocycles. The maximum Gasteiger partial charge on any atom is 0.266 e. The van der Waals surface area contributed by atoms with E-state index in [1.54, 1.807) is 0 Å². The van der Waals surface area contributed by atoms with E-state index < -0.39 is 14.2 Å². The summed E-state index contributed by atoms with van der Waals surface area (Å²) in [5, 5.41) is 0. The maximum absolute atomic E-state index is 11.4. The van der Waals surface area contributed by atoms with Crippen LogP contribution in [0.3, 0.4) is 0 Å². The van der Waals surface area contributed by atoms with Crippen molar-refractivity contribution in [3.05, 3.63) is 12.2 Å². The van der Waals surface area contributed by atoms with Gasteiger partial charge in [0.1, 0.15) is 0 Å². The Bertz CT molecular complexity index is 109. The Hall–Kier alpha value is -0.183. The van der Waals surface area contributed by atoms with Gasteiger partial charge in [-0.2, -0.15) is 8.78 Å². The van der Waals surface area contributed by atoms with Gasteiger partial charge < -0.3 is 0 Å². The van der Waals surface area contributed by atoms with Crippen molar-refractivity contribution >= 4 is 8.07 Å². The lowest BCUT2D eigenvalue weighted by Crippen LogP contribution is -2.17. The number of rotatable bonds is 2. The molecule has 0 aliphatic carbocycles. The van der Waals surface area contributed by atoms with E-state index in [0.717, 1.165) is 6.08 Å². The van der Waals surface area contributed by atoms with Crippen LogP contribution in [-0.2, 0) is 0 Å². The normalized spacial score (nSPS) is 11.2. The molecule has 3 heteroatoms. The Morgan fingerprint density at radius 2 is 1.78 bits per heavy atom. The molecule has 0 radical (unpaired) electrons. The number of halogens is 2. The highest BCUT2D eigenvalue weighted by Crippen LogP contribution is 2.11. The molecule has 0 spiro atoms. The minimum atomic E-state index is -1.54. The molecule has 54 valence electrons. The second-order valence-corrected chi connectivity index (χ2v) is 8.79. The second kappa shape index (κ2) is 3.10. The first-order valence-corrected chi connectivity index (χ1v) is 6.64. The van der Waals surface area contributed by atoms with Gasteiger partial charge in [0, 0.05) is 8.07 Å². The molecule has 0 aromatic rings. The van der Waals surface area contributed by atoms with E-state index in [2.05, 4.69) is 19.6 Å². The quantitative estimate of drug-likeness (QED) is 0.530. The molecule has 0 nitrogen and oxygen atoms in total. The Morgan fingerprint density at radius 1 is 1.33 bits per heavy atom. The molecule has 0 bridgehead atoms. The monoisotopic (exact) mass is 150 g/mol. The van der Waals surface area contributed by atoms with E-state index in [1.165, 1.54) is 0 Å². The third-order valence-corrected chi connectivity index (χ3v) is 2.30. The summed E-state index contributed by atoms with van der Waals surface area (Å²) in [6, 6.07) is 0.579. The molecule has 0 saturated carbocycles. The van der Waals surface area contributed by atoms with Gasteiger partial charge in [-0.25, -0.2) is 0 Å². The number of hydrogen-bond acceptors (Lipinski definition) is 0. The Balaban J connectivity index is 3.64. The summed E-state index contributed by atoms with van der Waals surface area (Å²) < 4.78 is 22.9. The van der Waals surface area contributed by atoms with Crippen molar-refractivity contribution in [1.82, 2.24) is 0 Å². The van der Waals surface area contributed by atoms with Crippen molar-refractivity contribution in [1.29, 1.82) is 0 Å². The van der Waals surface area contributed by atoms with Crippen LogP contribution >= 0.6 is 0 Å². The summed E-state index contributed by atoms with van der Waals surface area (Å²) in [5.41, 5.74) is 0. The van der Waals surface area contributed by atoms with Crippen molar-refractivity contribution in [3.8, 4) is 0 Å². The van der Waals surface area contributed by atoms with Crippen molar-refractivity contribution in [2.45, 2.75) is 25.7 Å². The fourth-order valence-corrected chi connectivity index (χ4v) is 1.15. The summed E-state index contributed by atoms with van der Waals surface area (Å²) in [4.78, 5) is 0. The van der Waals surface area contributed by atoms with E-state index in [9.17, 15) is 8.78 Å². The zero-order valence-electron chi connectivity index (χ0n) is 6.04. The van der Waals surface area contributed by atoms with E-state index >= 15 is 0 Å². The van der Waals surface area contributed by atoms with Crippen LogP contribution in [0, 0.1) is 0 Å². The third-order valence-electron chi connectivity index (χ3n) is 0.869. The molecule has 0 aromatic carbocycles. The molecule has 0 rings (SSSR count). The van der Waals surface area contributed by atoms with Crippen LogP contribution in [-0.4, -0.2) is 8.07 Å². The smallest absolute Gasteiger partial charge is 0.174 e. The molecule has 0 aliphatic heterocycles. The van der Waals surface area contributed by atoms with Crippen LogP contribution in [0.2, 0.25) is 25.7 Å². The van der Waals surface area contributed by atoms with Gasteiger partial charge in [-0.3, -0.25) is 0 Å². The van der Waals surface area contributed by atoms with Crippen LogP contribution in [0.25, 0.3) is 0 Å². The van der Waals surface area contributed by atoms with Crippen LogP contribution in [0.1, 0.15) is 0 Å². The minimum absolute atomic E-state index is 0.579. The summed E-state index contributed by atoms with van der Waals surface area (Å²) in [6.07, 6.45) is -0.524. The largest absolute Gasteiger partial charge is 0.266 e. The van der Waals surface area contributed by atoms with E-state index in [-0.39, 0.29) is 0 Å². The van der Waals surface area contributed by atoms with Gasteiger partial charge in [-0.1, -0.05) is 19.6 Å². The molecular weight excluding hydrogens is 138 g/mol. The first kappa shape index (κ1) is 8.82. The van der Waals surface area contributed by atoms with Crippen molar-refractivity contribution in [3.63, 3.8) is 0 Å². The summed E-state index contributed by atoms with van der Waals surface area (Å²) in [5.74, 6) is 0. The molecule has 0 atom stereocenters. The highest BCUT2D eigenvalue weighted by Gasteiger charge is 2.10. The van der Waals surface area contributed by atoms with Crippen molar-refractivity contribution in [2.75, 3.05) is 0 Å². The highest BCUT2D eigenvalue weighted by molar-refractivity contribution is 6.76. The Kier molecular flexibility index (Phi) is 3.04. The molecule has 0 saturated heterocycles. The first-order valence-electron chi connectivity index (χ1n) is 2.93. The van der Waals surface area contributed by atoms with E-state index in [1.807, 2.05) is 0 Å². The molecule has 0 aliphatic rings. The van der Waals surface area contributed by atoms with Gasteiger partial charge in [0.05, 0.1) is 0 Å². The average molecular weight is 150 g/mol. The van der Waals surface area contributed by atoms with Gasteiger partial charge in [-0.05, 0) is 12.1 Å². The fourth-order valence-electron chi connectivity index (χ4n) is 0.383. The first-order chi connectivity index (χ1) is 3.92. The summed E-state index contributed by atoms with van der Waals surface area (Å²) in [7, 11) is -1.28. The second-order valence-electron chi connectivity index (χ2n) is 3.26. The molecule has 0 heterocycles. The van der Waals surface area contributed by atoms with Crippen LogP contribution in [0.15, 0.2) is 12.2 Å². The SMILES string of the molecule is C[Si](C)(C)CC=C(F)F. The Labute approximate surface area is 55.6 Å². The molecular formula is C6H12F2Si. The topological polar surface area (TPSA) is 0 Å². The summed E-state index contributed by atoms with van der Waals surface area (Å²) in [6.45, 7) is 6.19. The zero-order chi connectivity index (χ0) is 7.49. The maximum atomic E-state index is 11.4. The molecule has 9 heavy (non-hydrogen) atoms. The molecule has 0 N–H and O–H groups in total.